The first-order valence-corrected chi connectivity index (χ1v) is 7.27. The van der Waals surface area contributed by atoms with E-state index in [-0.39, 0.29) is 5.92 Å². The van der Waals surface area contributed by atoms with Gasteiger partial charge in [0.25, 0.3) is 0 Å². The van der Waals surface area contributed by atoms with Crippen LogP contribution in [0.3, 0.4) is 0 Å². The molecule has 2 aromatic heterocycles. The van der Waals surface area contributed by atoms with E-state index in [1.54, 1.807) is 11.3 Å². The summed E-state index contributed by atoms with van der Waals surface area (Å²) in [6, 6.07) is 6.27. The topological polar surface area (TPSA) is 70.6 Å². The smallest absolute Gasteiger partial charge is 0.186 e. The first kappa shape index (κ1) is 13.0. The average molecular weight is 288 g/mol. The number of aryl methyl sites for hydroxylation is 1. The van der Waals surface area contributed by atoms with E-state index in [2.05, 4.69) is 57.6 Å². The lowest BCUT2D eigenvalue weighted by atomic mass is 10.1. The van der Waals surface area contributed by atoms with Crippen LogP contribution in [0.15, 0.2) is 18.2 Å². The van der Waals surface area contributed by atoms with Gasteiger partial charge in [-0.15, -0.1) is 10.2 Å². The summed E-state index contributed by atoms with van der Waals surface area (Å²) < 4.78 is 1.22. The largest absolute Gasteiger partial charge is 0.350 e. The highest BCUT2D eigenvalue weighted by Crippen LogP contribution is 2.30. The molecule has 0 fully saturated rings. The summed E-state index contributed by atoms with van der Waals surface area (Å²) in [6.07, 6.45) is 0. The molecule has 0 aliphatic heterocycles. The monoisotopic (exact) mass is 288 g/mol. The number of hydrogen-bond donors (Lipinski definition) is 1. The summed E-state index contributed by atoms with van der Waals surface area (Å²) in [4.78, 5) is 6.87. The fraction of sp³-hybridized carbons (Fsp3) is 0.385. The van der Waals surface area contributed by atoms with Crippen LogP contribution < -0.4 is 4.90 Å². The molecule has 0 spiro atoms. The Hall–Kier alpha value is -2.02. The van der Waals surface area contributed by atoms with Gasteiger partial charge < -0.3 is 4.90 Å². The molecule has 6 nitrogen and oxygen atoms in total. The molecule has 104 valence electrons. The van der Waals surface area contributed by atoms with Crippen molar-refractivity contribution in [1.29, 1.82) is 0 Å². The maximum absolute atomic E-state index is 4.73. The lowest BCUT2D eigenvalue weighted by Gasteiger charge is -2.18. The molecule has 3 rings (SSSR count). The van der Waals surface area contributed by atoms with Crippen molar-refractivity contribution >= 4 is 26.7 Å². The molecule has 7 heteroatoms. The fourth-order valence-electron chi connectivity index (χ4n) is 2.19. The fourth-order valence-corrected chi connectivity index (χ4v) is 3.20. The minimum Gasteiger partial charge on any atom is -0.350 e. The molecule has 0 bridgehead atoms. The molecule has 0 aliphatic carbocycles. The Morgan fingerprint density at radius 1 is 1.40 bits per heavy atom. The predicted octanol–water partition coefficient (Wildman–Crippen LogP) is 2.36. The summed E-state index contributed by atoms with van der Waals surface area (Å²) in [5.74, 6) is 0.931. The van der Waals surface area contributed by atoms with Crippen LogP contribution >= 0.6 is 11.3 Å². The number of benzene rings is 1. The Kier molecular flexibility index (Phi) is 3.35. The summed E-state index contributed by atoms with van der Waals surface area (Å²) in [5.41, 5.74) is 2.30. The number of aromatic nitrogens is 5. The van der Waals surface area contributed by atoms with Gasteiger partial charge in [0.05, 0.1) is 10.2 Å². The van der Waals surface area contributed by atoms with Crippen LogP contribution in [0.5, 0.6) is 0 Å². The number of tetrazole rings is 1. The molecule has 0 amide bonds. The standard InChI is InChI=1S/C13H16N6S/c1-8-5-4-6-10-11(8)14-13(20-10)19(3)7-9(2)12-15-17-18-16-12/h4-6,9H,7H2,1-3H3,(H,15,16,17,18). The Balaban J connectivity index is 1.82. The molecule has 1 unspecified atom stereocenters. The number of anilines is 1. The van der Waals surface area contributed by atoms with Crippen LogP contribution in [-0.2, 0) is 0 Å². The lowest BCUT2D eigenvalue weighted by molar-refractivity contribution is 0.686. The highest BCUT2D eigenvalue weighted by Gasteiger charge is 2.16. The van der Waals surface area contributed by atoms with E-state index in [0.29, 0.717) is 0 Å². The van der Waals surface area contributed by atoms with E-state index in [0.717, 1.165) is 23.0 Å². The first-order chi connectivity index (χ1) is 9.65. The van der Waals surface area contributed by atoms with E-state index in [1.807, 2.05) is 7.05 Å². The van der Waals surface area contributed by atoms with Crippen molar-refractivity contribution in [2.75, 3.05) is 18.5 Å². The Morgan fingerprint density at radius 3 is 2.95 bits per heavy atom. The maximum Gasteiger partial charge on any atom is 0.186 e. The first-order valence-electron chi connectivity index (χ1n) is 6.46. The van der Waals surface area contributed by atoms with Gasteiger partial charge in [-0.3, -0.25) is 0 Å². The van der Waals surface area contributed by atoms with Gasteiger partial charge in [-0.05, 0) is 18.6 Å². The maximum atomic E-state index is 4.73. The second-order valence-electron chi connectivity index (χ2n) is 4.97. The number of para-hydroxylation sites is 1. The lowest BCUT2D eigenvalue weighted by Crippen LogP contribution is -2.23. The summed E-state index contributed by atoms with van der Waals surface area (Å²) >= 11 is 1.71. The molecule has 0 saturated heterocycles. The van der Waals surface area contributed by atoms with Crippen molar-refractivity contribution in [3.63, 3.8) is 0 Å². The van der Waals surface area contributed by atoms with Crippen molar-refractivity contribution < 1.29 is 0 Å². The summed E-state index contributed by atoms with van der Waals surface area (Å²) in [5, 5.41) is 15.2. The predicted molar refractivity (Wildman–Crippen MR) is 80.2 cm³/mol. The van der Waals surface area contributed by atoms with Gasteiger partial charge in [0, 0.05) is 19.5 Å². The van der Waals surface area contributed by atoms with Crippen LogP contribution in [0.4, 0.5) is 5.13 Å². The van der Waals surface area contributed by atoms with Gasteiger partial charge >= 0.3 is 0 Å². The molecule has 2 heterocycles. The molecule has 0 radical (unpaired) electrons. The third-order valence-corrected chi connectivity index (χ3v) is 4.42. The Morgan fingerprint density at radius 2 is 2.25 bits per heavy atom. The average Bonchev–Trinajstić information content (AvgIpc) is 3.08. The van der Waals surface area contributed by atoms with Crippen LogP contribution in [0, 0.1) is 6.92 Å². The zero-order valence-electron chi connectivity index (χ0n) is 11.7. The number of nitrogens with one attached hydrogen (secondary N) is 1. The van der Waals surface area contributed by atoms with E-state index in [1.165, 1.54) is 10.3 Å². The third-order valence-electron chi connectivity index (χ3n) is 3.29. The zero-order chi connectivity index (χ0) is 14.1. The molecular formula is C13H16N6S. The molecule has 0 saturated carbocycles. The molecular weight excluding hydrogens is 272 g/mol. The summed E-state index contributed by atoms with van der Waals surface area (Å²) in [7, 11) is 2.05. The van der Waals surface area contributed by atoms with Crippen molar-refractivity contribution in [1.82, 2.24) is 25.6 Å². The number of nitrogens with zero attached hydrogens (tertiary/aromatic N) is 5. The van der Waals surface area contributed by atoms with Gasteiger partial charge in [0.15, 0.2) is 11.0 Å². The van der Waals surface area contributed by atoms with Crippen molar-refractivity contribution in [3.05, 3.63) is 29.6 Å². The van der Waals surface area contributed by atoms with E-state index in [4.69, 9.17) is 4.98 Å². The third kappa shape index (κ3) is 2.36. The second kappa shape index (κ2) is 5.16. The van der Waals surface area contributed by atoms with Crippen LogP contribution in [0.2, 0.25) is 0 Å². The number of fused-ring (bicyclic) bond motifs is 1. The van der Waals surface area contributed by atoms with E-state index < -0.39 is 0 Å². The molecule has 1 N–H and O–H groups in total. The van der Waals surface area contributed by atoms with Crippen LogP contribution in [0.1, 0.15) is 24.2 Å². The number of aromatic amines is 1. The highest BCUT2D eigenvalue weighted by atomic mass is 32.1. The zero-order valence-corrected chi connectivity index (χ0v) is 12.5. The molecule has 1 aromatic carbocycles. The Bertz CT molecular complexity index is 705. The summed E-state index contributed by atoms with van der Waals surface area (Å²) in [6.45, 7) is 4.98. The van der Waals surface area contributed by atoms with Crippen molar-refractivity contribution in [2.45, 2.75) is 19.8 Å². The quantitative estimate of drug-likeness (QED) is 0.798. The van der Waals surface area contributed by atoms with E-state index >= 15 is 0 Å². The highest BCUT2D eigenvalue weighted by molar-refractivity contribution is 7.22. The normalized spacial score (nSPS) is 12.8. The Labute approximate surface area is 120 Å². The molecule has 1 atom stereocenters. The minimum absolute atomic E-state index is 0.201. The number of thiazole rings is 1. The van der Waals surface area contributed by atoms with Crippen LogP contribution in [0.25, 0.3) is 10.2 Å². The number of likely N-dealkylation sites (N-methyl/N-ethyl adjacent to an activating group) is 1. The molecule has 20 heavy (non-hydrogen) atoms. The second-order valence-corrected chi connectivity index (χ2v) is 5.98. The van der Waals surface area contributed by atoms with Gasteiger partial charge in [-0.2, -0.15) is 5.21 Å². The number of rotatable bonds is 4. The van der Waals surface area contributed by atoms with Crippen LogP contribution in [-0.4, -0.2) is 39.2 Å². The van der Waals surface area contributed by atoms with Gasteiger partial charge in [0.1, 0.15) is 0 Å². The molecule has 0 aliphatic rings. The number of hydrogen-bond acceptors (Lipinski definition) is 6. The molecule has 3 aromatic rings. The van der Waals surface area contributed by atoms with Gasteiger partial charge in [-0.1, -0.05) is 35.6 Å². The van der Waals surface area contributed by atoms with Gasteiger partial charge in [0.2, 0.25) is 0 Å². The van der Waals surface area contributed by atoms with Crippen molar-refractivity contribution in [3.8, 4) is 0 Å². The van der Waals surface area contributed by atoms with E-state index in [9.17, 15) is 0 Å². The van der Waals surface area contributed by atoms with Crippen molar-refractivity contribution in [2.24, 2.45) is 0 Å². The SMILES string of the molecule is Cc1cccc2sc(N(C)CC(C)c3nn[nH]n3)nc12. The minimum atomic E-state index is 0.201. The van der Waals surface area contributed by atoms with Gasteiger partial charge in [-0.25, -0.2) is 4.98 Å². The number of H-pyrrole nitrogens is 1.